The molecule has 0 bridgehead atoms. The second kappa shape index (κ2) is 7.79. The molecular weight excluding hydrogens is 326 g/mol. The molecule has 0 radical (unpaired) electrons. The molecule has 26 heavy (non-hydrogen) atoms. The second-order valence-corrected chi connectivity index (χ2v) is 6.09. The molecule has 7 nitrogen and oxygen atoms in total. The topological polar surface area (TPSA) is 92.3 Å². The molecule has 130 valence electrons. The molecule has 2 aromatic carbocycles. The normalized spacial score (nSPS) is 11.1. The second-order valence-electron chi connectivity index (χ2n) is 6.09. The Labute approximate surface area is 150 Å². The summed E-state index contributed by atoms with van der Waals surface area (Å²) in [7, 11) is 0. The largest absolute Gasteiger partial charge is 0.313 e. The van der Waals surface area contributed by atoms with Crippen LogP contribution in [0, 0.1) is 0 Å². The van der Waals surface area contributed by atoms with Crippen LogP contribution in [0.15, 0.2) is 54.9 Å². The van der Waals surface area contributed by atoms with E-state index in [0.717, 1.165) is 48.7 Å². The maximum absolute atomic E-state index is 4.51. The lowest BCUT2D eigenvalue weighted by Crippen LogP contribution is -2.16. The molecule has 0 saturated carbocycles. The molecule has 0 fully saturated rings. The van der Waals surface area contributed by atoms with Crippen molar-refractivity contribution in [1.29, 1.82) is 0 Å². The van der Waals surface area contributed by atoms with Gasteiger partial charge in [-0.3, -0.25) is 0 Å². The molecule has 0 aliphatic heterocycles. The molecule has 0 amide bonds. The number of rotatable bonds is 7. The molecule has 4 rings (SSSR count). The smallest absolute Gasteiger partial charge is 0.174 e. The zero-order chi connectivity index (χ0) is 17.6. The Morgan fingerprint density at radius 2 is 1.81 bits per heavy atom. The van der Waals surface area contributed by atoms with Crippen molar-refractivity contribution in [3.63, 3.8) is 0 Å². The molecule has 0 atom stereocenters. The fourth-order valence-electron chi connectivity index (χ4n) is 2.82. The quantitative estimate of drug-likeness (QED) is 0.500. The third kappa shape index (κ3) is 3.89. The average Bonchev–Trinajstić information content (AvgIpc) is 3.21. The van der Waals surface area contributed by atoms with E-state index in [-0.39, 0.29) is 0 Å². The predicted molar refractivity (Wildman–Crippen MR) is 99.2 cm³/mol. The number of nitrogens with zero attached hydrogens (tertiary/aromatic N) is 5. The highest BCUT2D eigenvalue weighted by molar-refractivity contribution is 5.86. The third-order valence-electron chi connectivity index (χ3n) is 4.19. The number of fused-ring (bicyclic) bond motifs is 1. The fourth-order valence-corrected chi connectivity index (χ4v) is 2.82. The number of hydrogen-bond acceptors (Lipinski definition) is 6. The first-order chi connectivity index (χ1) is 12.9. The van der Waals surface area contributed by atoms with Gasteiger partial charge in [0.2, 0.25) is 0 Å². The highest BCUT2D eigenvalue weighted by Gasteiger charge is 2.03. The number of tetrazole rings is 1. The van der Waals surface area contributed by atoms with Crippen LogP contribution in [0.1, 0.15) is 17.8 Å². The standard InChI is InChI=1S/C19H19N7/c1-2-5-16-10-17(8-7-15(16)4-1)19-21-12-14(13-22-19)11-20-9-3-6-18-23-25-26-24-18/h1-2,4-5,7-8,10,12-13,20H,3,6,9,11H2,(H,23,24,25,26). The summed E-state index contributed by atoms with van der Waals surface area (Å²) >= 11 is 0. The van der Waals surface area contributed by atoms with Crippen molar-refractivity contribution in [2.24, 2.45) is 0 Å². The van der Waals surface area contributed by atoms with E-state index in [4.69, 9.17) is 0 Å². The molecule has 0 aliphatic carbocycles. The van der Waals surface area contributed by atoms with Crippen LogP contribution in [-0.4, -0.2) is 37.1 Å². The molecule has 7 heteroatoms. The van der Waals surface area contributed by atoms with Gasteiger partial charge in [0.05, 0.1) is 0 Å². The van der Waals surface area contributed by atoms with Crippen LogP contribution in [0.5, 0.6) is 0 Å². The lowest BCUT2D eigenvalue weighted by atomic mass is 10.1. The Hall–Kier alpha value is -3.19. The summed E-state index contributed by atoms with van der Waals surface area (Å²) in [5.41, 5.74) is 2.09. The van der Waals surface area contributed by atoms with Crippen molar-refractivity contribution in [3.05, 3.63) is 66.2 Å². The van der Waals surface area contributed by atoms with E-state index in [1.165, 1.54) is 10.8 Å². The lowest BCUT2D eigenvalue weighted by molar-refractivity contribution is 0.637. The van der Waals surface area contributed by atoms with Crippen molar-refractivity contribution in [2.75, 3.05) is 6.54 Å². The highest BCUT2D eigenvalue weighted by Crippen LogP contribution is 2.21. The molecule has 4 aromatic rings. The summed E-state index contributed by atoms with van der Waals surface area (Å²) < 4.78 is 0. The van der Waals surface area contributed by atoms with E-state index in [2.05, 4.69) is 66.2 Å². The maximum atomic E-state index is 4.51. The van der Waals surface area contributed by atoms with Crippen LogP contribution < -0.4 is 5.32 Å². The van der Waals surface area contributed by atoms with Gasteiger partial charge in [-0.05, 0) is 29.8 Å². The van der Waals surface area contributed by atoms with E-state index in [9.17, 15) is 0 Å². The molecule has 2 N–H and O–H groups in total. The maximum Gasteiger partial charge on any atom is 0.174 e. The van der Waals surface area contributed by atoms with Crippen LogP contribution in [0.3, 0.4) is 0 Å². The van der Waals surface area contributed by atoms with Gasteiger partial charge in [0.1, 0.15) is 0 Å². The van der Waals surface area contributed by atoms with E-state index >= 15 is 0 Å². The van der Waals surface area contributed by atoms with E-state index < -0.39 is 0 Å². The number of hydrogen-bond donors (Lipinski definition) is 2. The molecule has 0 unspecified atom stereocenters. The van der Waals surface area contributed by atoms with E-state index in [1.807, 2.05) is 24.5 Å². The first-order valence-corrected chi connectivity index (χ1v) is 8.61. The van der Waals surface area contributed by atoms with Crippen LogP contribution >= 0.6 is 0 Å². The van der Waals surface area contributed by atoms with E-state index in [1.54, 1.807) is 0 Å². The third-order valence-corrected chi connectivity index (χ3v) is 4.19. The van der Waals surface area contributed by atoms with Gasteiger partial charge in [-0.2, -0.15) is 5.21 Å². The molecule has 2 heterocycles. The molecule has 0 aliphatic rings. The van der Waals surface area contributed by atoms with Gasteiger partial charge in [0.15, 0.2) is 11.6 Å². The first kappa shape index (κ1) is 16.3. The minimum atomic E-state index is 0.740. The summed E-state index contributed by atoms with van der Waals surface area (Å²) in [6.45, 7) is 1.62. The fraction of sp³-hybridized carbons (Fsp3) is 0.211. The van der Waals surface area contributed by atoms with Crippen LogP contribution in [0.2, 0.25) is 0 Å². The van der Waals surface area contributed by atoms with Gasteiger partial charge in [-0.1, -0.05) is 41.6 Å². The monoisotopic (exact) mass is 345 g/mol. The summed E-state index contributed by atoms with van der Waals surface area (Å²) in [6, 6.07) is 14.6. The molecule has 0 saturated heterocycles. The Morgan fingerprint density at radius 3 is 2.62 bits per heavy atom. The van der Waals surface area contributed by atoms with Gasteiger partial charge >= 0.3 is 0 Å². The number of benzene rings is 2. The number of aromatic nitrogens is 6. The Morgan fingerprint density at radius 1 is 0.962 bits per heavy atom. The summed E-state index contributed by atoms with van der Waals surface area (Å²) in [5.74, 6) is 1.49. The summed E-state index contributed by atoms with van der Waals surface area (Å²) in [6.07, 6.45) is 5.52. The zero-order valence-corrected chi connectivity index (χ0v) is 14.3. The van der Waals surface area contributed by atoms with Crippen molar-refractivity contribution in [1.82, 2.24) is 35.9 Å². The van der Waals surface area contributed by atoms with Gasteiger partial charge < -0.3 is 5.32 Å². The number of aromatic amines is 1. The van der Waals surface area contributed by atoms with Crippen LogP contribution in [0.4, 0.5) is 0 Å². The summed E-state index contributed by atoms with van der Waals surface area (Å²) in [4.78, 5) is 9.02. The van der Waals surface area contributed by atoms with Gasteiger partial charge in [-0.25, -0.2) is 9.97 Å². The van der Waals surface area contributed by atoms with Crippen molar-refractivity contribution in [3.8, 4) is 11.4 Å². The zero-order valence-electron chi connectivity index (χ0n) is 14.3. The van der Waals surface area contributed by atoms with Crippen molar-refractivity contribution in [2.45, 2.75) is 19.4 Å². The average molecular weight is 345 g/mol. The Balaban J connectivity index is 1.32. The minimum absolute atomic E-state index is 0.740. The lowest BCUT2D eigenvalue weighted by Gasteiger charge is -2.06. The minimum Gasteiger partial charge on any atom is -0.313 e. The number of nitrogens with one attached hydrogen (secondary N) is 2. The first-order valence-electron chi connectivity index (χ1n) is 8.61. The Bertz CT molecular complexity index is 965. The van der Waals surface area contributed by atoms with Crippen LogP contribution in [0.25, 0.3) is 22.2 Å². The molecule has 0 spiro atoms. The van der Waals surface area contributed by atoms with Gasteiger partial charge in [0, 0.05) is 36.5 Å². The SMILES string of the molecule is c1ccc2cc(-c3ncc(CNCCCc4nn[nH]n4)cn3)ccc2c1. The predicted octanol–water partition coefficient (Wildman–Crippen LogP) is 2.53. The van der Waals surface area contributed by atoms with E-state index in [0.29, 0.717) is 0 Å². The highest BCUT2D eigenvalue weighted by atomic mass is 15.5. The Kier molecular flexibility index (Phi) is 4.88. The van der Waals surface area contributed by atoms with Gasteiger partial charge in [-0.15, -0.1) is 10.2 Å². The van der Waals surface area contributed by atoms with Crippen molar-refractivity contribution < 1.29 is 0 Å². The van der Waals surface area contributed by atoms with Crippen LogP contribution in [-0.2, 0) is 13.0 Å². The molecule has 2 aromatic heterocycles. The number of aryl methyl sites for hydroxylation is 1. The van der Waals surface area contributed by atoms with Crippen molar-refractivity contribution >= 4 is 10.8 Å². The molecular formula is C19H19N7. The number of H-pyrrole nitrogens is 1. The van der Waals surface area contributed by atoms with Gasteiger partial charge in [0.25, 0.3) is 0 Å². The summed E-state index contributed by atoms with van der Waals surface area (Å²) in [5, 5.41) is 19.7.